The van der Waals surface area contributed by atoms with Crippen LogP contribution in [0.1, 0.15) is 33.5 Å². The van der Waals surface area contributed by atoms with E-state index in [1.165, 1.54) is 47.7 Å². The van der Waals surface area contributed by atoms with Crippen molar-refractivity contribution in [3.63, 3.8) is 0 Å². The van der Waals surface area contributed by atoms with Crippen LogP contribution in [0, 0.1) is 25.2 Å². The molecule has 0 saturated heterocycles. The van der Waals surface area contributed by atoms with Crippen molar-refractivity contribution in [2.75, 3.05) is 12.4 Å². The van der Waals surface area contributed by atoms with Gasteiger partial charge in [-0.15, -0.1) is 35.0 Å². The number of hydrogen-bond donors (Lipinski definition) is 6. The van der Waals surface area contributed by atoms with Crippen molar-refractivity contribution >= 4 is 121 Å². The number of nitrogens with zero attached hydrogens (tertiary/aromatic N) is 10. The molecule has 0 amide bonds. The second kappa shape index (κ2) is 19.2. The summed E-state index contributed by atoms with van der Waals surface area (Å²) in [6.45, 7) is 2.84. The van der Waals surface area contributed by atoms with Gasteiger partial charge in [-0.1, -0.05) is 28.5 Å². The number of phenols is 1. The number of phenolic OH excluding ortho intramolecular Hbond substituents is 1. The number of para-hydroxylation sites is 2. The molecule has 28 heteroatoms. The van der Waals surface area contributed by atoms with Gasteiger partial charge < -0.3 is 20.1 Å². The summed E-state index contributed by atoms with van der Waals surface area (Å²) >= 11 is 1.32. The number of imidazole rings is 1. The molecule has 24 nitrogen and oxygen atoms in total. The molecule has 0 bridgehead atoms. The van der Waals surface area contributed by atoms with Crippen molar-refractivity contribution in [1.29, 1.82) is 5.26 Å². The minimum atomic E-state index is -5.23. The normalized spacial score (nSPS) is 12.5. The van der Waals surface area contributed by atoms with Crippen LogP contribution in [0.25, 0.3) is 37.7 Å². The Morgan fingerprint density at radius 2 is 1.59 bits per heavy atom. The van der Waals surface area contributed by atoms with Crippen LogP contribution in [-0.2, 0) is 29.6 Å². The molecule has 0 unspecified atom stereocenters. The number of aryl methyl sites for hydroxylation is 1. The highest BCUT2D eigenvalue weighted by Gasteiger charge is 2.26. The number of carboxylic acid groups (broad SMARTS) is 1. The van der Waals surface area contributed by atoms with Gasteiger partial charge in [0.2, 0.25) is 11.0 Å². The van der Waals surface area contributed by atoms with E-state index in [0.717, 1.165) is 23.5 Å². The van der Waals surface area contributed by atoms with E-state index in [-0.39, 0.29) is 91.0 Å². The highest BCUT2D eigenvalue weighted by atomic mass is 32.2. The van der Waals surface area contributed by atoms with Crippen LogP contribution in [0.3, 0.4) is 0 Å². The van der Waals surface area contributed by atoms with Gasteiger partial charge in [0.05, 0.1) is 61.8 Å². The summed E-state index contributed by atoms with van der Waals surface area (Å²) in [5.41, 5.74) is 1.28. The van der Waals surface area contributed by atoms with Crippen molar-refractivity contribution in [3.05, 3.63) is 95.1 Å². The van der Waals surface area contributed by atoms with Gasteiger partial charge >= 0.3 is 5.97 Å². The molecule has 0 aliphatic heterocycles. The number of aromatic hydroxyl groups is 2. The predicted octanol–water partition coefficient (Wildman–Crippen LogP) is 10.4. The Morgan fingerprint density at radius 3 is 2.32 bits per heavy atom. The first kappa shape index (κ1) is 47.9. The second-order valence-electron chi connectivity index (χ2n) is 14.5. The molecule has 0 fully saturated rings. The van der Waals surface area contributed by atoms with Crippen LogP contribution in [0.15, 0.2) is 113 Å². The number of rotatable bonds is 16. The lowest BCUT2D eigenvalue weighted by Crippen LogP contribution is -2.08. The number of ether oxygens (including phenoxy) is 1. The van der Waals surface area contributed by atoms with E-state index in [0.29, 0.717) is 26.8 Å². The molecule has 3 heterocycles. The SMILES string of the molecule is Cc1cc(N=Nc2c(SOOO)cc3c(S(=O)(=O)O)c(N=Nc4c(C)c(C#N)c5nc6ccccc6n5c4O)ccc3c2O)c(OCCCS(=O)(=O)O)cc1N=Nc1nc2ccc(C(=O)O)cc2s1. The number of hydrogen-bond acceptors (Lipinski definition) is 22. The zero-order chi connectivity index (χ0) is 49.4. The minimum Gasteiger partial charge on any atom is -0.505 e. The van der Waals surface area contributed by atoms with Crippen molar-refractivity contribution in [2.24, 2.45) is 30.7 Å². The summed E-state index contributed by atoms with van der Waals surface area (Å²) in [6, 6.07) is 19.4. The third kappa shape index (κ3) is 9.88. The number of fused-ring (bicyclic) bond motifs is 5. The third-order valence-corrected chi connectivity index (χ3v) is 13.4. The van der Waals surface area contributed by atoms with E-state index in [2.05, 4.69) is 50.0 Å². The van der Waals surface area contributed by atoms with Gasteiger partial charge in [-0.2, -0.15) is 22.1 Å². The maximum Gasteiger partial charge on any atom is 0.335 e. The predicted molar refractivity (Wildman–Crippen MR) is 247 cm³/mol. The summed E-state index contributed by atoms with van der Waals surface area (Å²) in [4.78, 5) is 19.1. The third-order valence-electron chi connectivity index (χ3n) is 10.1. The first-order chi connectivity index (χ1) is 32.9. The molecule has 5 aromatic carbocycles. The number of nitriles is 1. The number of aromatic nitrogens is 3. The smallest absolute Gasteiger partial charge is 0.335 e. The van der Waals surface area contributed by atoms with Gasteiger partial charge in [0.25, 0.3) is 20.2 Å². The van der Waals surface area contributed by atoms with Crippen LogP contribution in [0.4, 0.5) is 33.6 Å². The van der Waals surface area contributed by atoms with Crippen molar-refractivity contribution in [2.45, 2.75) is 30.1 Å². The highest BCUT2D eigenvalue weighted by Crippen LogP contribution is 2.48. The average molecular weight is 1020 g/mol. The Labute approximate surface area is 395 Å². The van der Waals surface area contributed by atoms with Crippen LogP contribution < -0.4 is 4.74 Å². The molecule has 69 heavy (non-hydrogen) atoms. The van der Waals surface area contributed by atoms with E-state index in [9.17, 15) is 51.3 Å². The molecular weight excluding hydrogens is 985 g/mol. The number of carboxylic acids is 1. The van der Waals surface area contributed by atoms with Crippen LogP contribution in [0.2, 0.25) is 0 Å². The standard InChI is InChI=1S/C41H30N10O14S4/c1-19-14-29(31(63-12-5-13-68(57,58)59)17-28(19)46-50-41-44-26-10-8-21(40(54)55)15-32(26)66-41)47-49-35-33(67-65-64-56)16-23-22(36(35)52)9-11-27(37(23)69(60,61)62)45-48-34-20(2)24(18-42)38-43-25-6-3-4-7-30(25)51(38)39(34)53/h3-4,6-11,14-17,52-53,56H,5,12-13H2,1-2H3,(H,54,55)(H,57,58,59)(H,60,61,62). The van der Waals surface area contributed by atoms with E-state index in [4.69, 9.17) is 9.99 Å². The van der Waals surface area contributed by atoms with Crippen molar-refractivity contribution in [1.82, 2.24) is 14.4 Å². The number of pyridine rings is 1. The van der Waals surface area contributed by atoms with E-state index in [1.54, 1.807) is 31.2 Å². The van der Waals surface area contributed by atoms with E-state index < -0.39 is 59.9 Å². The van der Waals surface area contributed by atoms with Gasteiger partial charge in [0.15, 0.2) is 17.1 Å². The molecule has 0 aliphatic rings. The zero-order valence-electron chi connectivity index (χ0n) is 35.1. The summed E-state index contributed by atoms with van der Waals surface area (Å²) in [5, 5.41) is 80.0. The Morgan fingerprint density at radius 1 is 0.855 bits per heavy atom. The van der Waals surface area contributed by atoms with Gasteiger partial charge in [-0.05, 0) is 80.4 Å². The van der Waals surface area contributed by atoms with E-state index in [1.807, 2.05) is 6.07 Å². The molecule has 0 atom stereocenters. The van der Waals surface area contributed by atoms with Gasteiger partial charge in [-0.25, -0.2) is 20.0 Å². The van der Waals surface area contributed by atoms with Gasteiger partial charge in [-0.3, -0.25) is 13.5 Å². The summed E-state index contributed by atoms with van der Waals surface area (Å²) < 4.78 is 81.2. The number of thiazole rings is 1. The maximum absolute atomic E-state index is 13.1. The monoisotopic (exact) mass is 1010 g/mol. The molecule has 0 spiro atoms. The fourth-order valence-corrected chi connectivity index (χ4v) is 9.56. The molecule has 3 aromatic heterocycles. The fourth-order valence-electron chi connectivity index (χ4n) is 6.94. The van der Waals surface area contributed by atoms with Gasteiger partial charge in [0, 0.05) is 22.4 Å². The minimum absolute atomic E-state index is 0.0244. The summed E-state index contributed by atoms with van der Waals surface area (Å²) in [7, 11) is -9.58. The largest absolute Gasteiger partial charge is 0.505 e. The summed E-state index contributed by atoms with van der Waals surface area (Å²) in [5.74, 6) is -3.01. The maximum atomic E-state index is 13.1. The quantitative estimate of drug-likeness (QED) is 0.0131. The average Bonchev–Trinajstić information content (AvgIpc) is 3.90. The van der Waals surface area contributed by atoms with Crippen LogP contribution in [-0.4, -0.2) is 79.2 Å². The Kier molecular flexibility index (Phi) is 13.3. The van der Waals surface area contributed by atoms with Crippen molar-refractivity contribution in [3.8, 4) is 23.4 Å². The Hall–Kier alpha value is -7.59. The molecule has 6 N–H and O–H groups in total. The van der Waals surface area contributed by atoms with Crippen LogP contribution >= 0.6 is 23.4 Å². The number of carbonyl (C=O) groups is 1. The van der Waals surface area contributed by atoms with Crippen molar-refractivity contribution < 1.29 is 65.4 Å². The molecule has 8 aromatic rings. The number of aromatic carboxylic acids is 1. The Bertz CT molecular complexity index is 3800. The highest BCUT2D eigenvalue weighted by molar-refractivity contribution is 7.94. The fraction of sp³-hybridized carbons (Fsp3) is 0.122. The lowest BCUT2D eigenvalue weighted by Gasteiger charge is -2.13. The first-order valence-electron chi connectivity index (χ1n) is 19.5. The lowest BCUT2D eigenvalue weighted by atomic mass is 10.1. The number of benzene rings is 5. The molecular formula is C41H30N10O14S4. The zero-order valence-corrected chi connectivity index (χ0v) is 38.4. The Balaban J connectivity index is 1.20. The van der Waals surface area contributed by atoms with Crippen LogP contribution in [0.5, 0.6) is 17.4 Å². The molecule has 8 rings (SSSR count). The second-order valence-corrected chi connectivity index (χ2v) is 19.2. The first-order valence-corrected chi connectivity index (χ1v) is 24.1. The van der Waals surface area contributed by atoms with E-state index >= 15 is 0 Å². The summed E-state index contributed by atoms with van der Waals surface area (Å²) in [6.07, 6.45) is -0.161. The topological polar surface area (TPSA) is 363 Å². The molecule has 0 radical (unpaired) electrons. The molecule has 352 valence electrons. The molecule has 0 aliphatic carbocycles. The number of azo groups is 3. The molecule has 0 saturated carbocycles. The van der Waals surface area contributed by atoms with Gasteiger partial charge in [0.1, 0.15) is 39.3 Å². The lowest BCUT2D eigenvalue weighted by molar-refractivity contribution is -0.432.